The lowest BCUT2D eigenvalue weighted by molar-refractivity contribution is -0.137. The number of rotatable bonds is 5. The SMILES string of the molecule is O=C(O)CC[C@@H]1CCCN(C(=O)[C@H]2C[C@@H]2c2ccc(Cl)cc2)C1. The molecule has 5 heteroatoms. The summed E-state index contributed by atoms with van der Waals surface area (Å²) in [5, 5.41) is 9.52. The number of halogens is 1. The van der Waals surface area contributed by atoms with E-state index in [9.17, 15) is 9.59 Å². The molecule has 0 aromatic heterocycles. The molecule has 1 saturated carbocycles. The molecule has 3 rings (SSSR count). The number of carboxylic acid groups (broad SMARTS) is 1. The first kappa shape index (κ1) is 16.3. The first-order chi connectivity index (χ1) is 11.0. The number of carbonyl (C=O) groups is 2. The Morgan fingerprint density at radius 3 is 2.70 bits per heavy atom. The summed E-state index contributed by atoms with van der Waals surface area (Å²) in [6.45, 7) is 1.53. The summed E-state index contributed by atoms with van der Waals surface area (Å²) in [7, 11) is 0. The molecule has 0 bridgehead atoms. The summed E-state index contributed by atoms with van der Waals surface area (Å²) in [4.78, 5) is 25.3. The van der Waals surface area contributed by atoms with E-state index in [-0.39, 0.29) is 18.2 Å². The van der Waals surface area contributed by atoms with Crippen molar-refractivity contribution in [2.75, 3.05) is 13.1 Å². The fraction of sp³-hybridized carbons (Fsp3) is 0.556. The molecule has 1 aromatic carbocycles. The quantitative estimate of drug-likeness (QED) is 0.895. The first-order valence-electron chi connectivity index (χ1n) is 8.30. The second kappa shape index (κ2) is 6.91. The second-order valence-electron chi connectivity index (χ2n) is 6.73. The van der Waals surface area contributed by atoms with Crippen LogP contribution in [0.15, 0.2) is 24.3 Å². The van der Waals surface area contributed by atoms with Gasteiger partial charge in [0, 0.05) is 30.5 Å². The highest BCUT2D eigenvalue weighted by Gasteiger charge is 2.46. The van der Waals surface area contributed by atoms with Gasteiger partial charge >= 0.3 is 5.97 Å². The monoisotopic (exact) mass is 335 g/mol. The van der Waals surface area contributed by atoms with Crippen LogP contribution in [0, 0.1) is 11.8 Å². The second-order valence-corrected chi connectivity index (χ2v) is 7.16. The summed E-state index contributed by atoms with van der Waals surface area (Å²) < 4.78 is 0. The van der Waals surface area contributed by atoms with Crippen LogP contribution in [-0.2, 0) is 9.59 Å². The predicted molar refractivity (Wildman–Crippen MR) is 88.5 cm³/mol. The molecule has 2 aliphatic rings. The standard InChI is InChI=1S/C18H22ClNO3/c19-14-6-4-13(5-7-14)15-10-16(15)18(23)20-9-1-2-12(11-20)3-8-17(21)22/h4-7,12,15-16H,1-3,8-11H2,(H,21,22)/t12-,15+,16-/m0/s1. The van der Waals surface area contributed by atoms with Crippen molar-refractivity contribution >= 4 is 23.5 Å². The van der Waals surface area contributed by atoms with E-state index in [1.165, 1.54) is 5.56 Å². The van der Waals surface area contributed by atoms with Gasteiger partial charge in [-0.25, -0.2) is 0 Å². The molecular formula is C18H22ClNO3. The van der Waals surface area contributed by atoms with E-state index in [4.69, 9.17) is 16.7 Å². The Hall–Kier alpha value is -1.55. The summed E-state index contributed by atoms with van der Waals surface area (Å²) in [5.74, 6) is 0.230. The molecule has 1 heterocycles. The van der Waals surface area contributed by atoms with Gasteiger partial charge in [-0.05, 0) is 55.2 Å². The normalized spacial score (nSPS) is 26.8. The van der Waals surface area contributed by atoms with Crippen molar-refractivity contribution < 1.29 is 14.7 Å². The van der Waals surface area contributed by atoms with Crippen LogP contribution in [0.4, 0.5) is 0 Å². The molecule has 124 valence electrons. The largest absolute Gasteiger partial charge is 0.481 e. The van der Waals surface area contributed by atoms with Gasteiger partial charge in [0.1, 0.15) is 0 Å². The van der Waals surface area contributed by atoms with Crippen molar-refractivity contribution in [3.8, 4) is 0 Å². The van der Waals surface area contributed by atoms with Gasteiger partial charge in [-0.2, -0.15) is 0 Å². The van der Waals surface area contributed by atoms with Crippen LogP contribution in [0.5, 0.6) is 0 Å². The third-order valence-electron chi connectivity index (χ3n) is 5.00. The van der Waals surface area contributed by atoms with Gasteiger partial charge < -0.3 is 10.0 Å². The number of hydrogen-bond donors (Lipinski definition) is 1. The minimum Gasteiger partial charge on any atom is -0.481 e. The number of piperidine rings is 1. The van der Waals surface area contributed by atoms with Crippen molar-refractivity contribution in [1.82, 2.24) is 4.90 Å². The maximum absolute atomic E-state index is 12.7. The van der Waals surface area contributed by atoms with Gasteiger partial charge in [0.15, 0.2) is 0 Å². The summed E-state index contributed by atoms with van der Waals surface area (Å²) >= 11 is 5.91. The zero-order valence-electron chi connectivity index (χ0n) is 13.1. The van der Waals surface area contributed by atoms with Crippen LogP contribution in [0.2, 0.25) is 5.02 Å². The van der Waals surface area contributed by atoms with Crippen LogP contribution in [0.1, 0.15) is 43.6 Å². The topological polar surface area (TPSA) is 57.6 Å². The maximum atomic E-state index is 12.7. The van der Waals surface area contributed by atoms with Gasteiger partial charge in [-0.15, -0.1) is 0 Å². The van der Waals surface area contributed by atoms with Gasteiger partial charge in [-0.3, -0.25) is 9.59 Å². The molecule has 1 aliphatic heterocycles. The zero-order valence-corrected chi connectivity index (χ0v) is 13.8. The number of amides is 1. The summed E-state index contributed by atoms with van der Waals surface area (Å²) in [6, 6.07) is 7.76. The molecule has 0 unspecified atom stereocenters. The van der Waals surface area contributed by atoms with Crippen LogP contribution in [-0.4, -0.2) is 35.0 Å². The van der Waals surface area contributed by atoms with Gasteiger partial charge in [0.05, 0.1) is 0 Å². The molecule has 23 heavy (non-hydrogen) atoms. The molecule has 4 nitrogen and oxygen atoms in total. The highest BCUT2D eigenvalue weighted by Crippen LogP contribution is 2.49. The van der Waals surface area contributed by atoms with E-state index in [2.05, 4.69) is 0 Å². The Bertz CT molecular complexity index is 586. The van der Waals surface area contributed by atoms with Gasteiger partial charge in [-0.1, -0.05) is 23.7 Å². The van der Waals surface area contributed by atoms with Crippen LogP contribution in [0.3, 0.4) is 0 Å². The van der Waals surface area contributed by atoms with E-state index in [0.717, 1.165) is 37.4 Å². The van der Waals surface area contributed by atoms with Crippen molar-refractivity contribution in [3.05, 3.63) is 34.9 Å². The lowest BCUT2D eigenvalue weighted by Gasteiger charge is -2.33. The fourth-order valence-electron chi connectivity index (χ4n) is 3.61. The Balaban J connectivity index is 1.54. The smallest absolute Gasteiger partial charge is 0.303 e. The van der Waals surface area contributed by atoms with E-state index in [1.807, 2.05) is 29.2 Å². The Labute approximate surface area is 141 Å². The van der Waals surface area contributed by atoms with Crippen molar-refractivity contribution in [3.63, 3.8) is 0 Å². The highest BCUT2D eigenvalue weighted by molar-refractivity contribution is 6.30. The Morgan fingerprint density at radius 2 is 2.00 bits per heavy atom. The first-order valence-corrected chi connectivity index (χ1v) is 8.68. The lowest BCUT2D eigenvalue weighted by Crippen LogP contribution is -2.41. The van der Waals surface area contributed by atoms with Gasteiger partial charge in [0.25, 0.3) is 0 Å². The van der Waals surface area contributed by atoms with E-state index >= 15 is 0 Å². The van der Waals surface area contributed by atoms with Gasteiger partial charge in [0.2, 0.25) is 5.91 Å². The highest BCUT2D eigenvalue weighted by atomic mass is 35.5. The lowest BCUT2D eigenvalue weighted by atomic mass is 9.93. The summed E-state index contributed by atoms with van der Waals surface area (Å²) in [5.41, 5.74) is 1.19. The van der Waals surface area contributed by atoms with E-state index < -0.39 is 5.97 Å². The number of likely N-dealkylation sites (tertiary alicyclic amines) is 1. The van der Waals surface area contributed by atoms with E-state index in [0.29, 0.717) is 18.3 Å². The molecule has 1 aromatic rings. The number of hydrogen-bond acceptors (Lipinski definition) is 2. The zero-order chi connectivity index (χ0) is 16.4. The molecule has 3 atom stereocenters. The number of benzene rings is 1. The number of nitrogens with zero attached hydrogens (tertiary/aromatic N) is 1. The van der Waals surface area contributed by atoms with Crippen LogP contribution >= 0.6 is 11.6 Å². The molecule has 2 fully saturated rings. The fourth-order valence-corrected chi connectivity index (χ4v) is 3.74. The Kier molecular flexibility index (Phi) is 4.90. The minimum atomic E-state index is -0.751. The average Bonchev–Trinajstić information content (AvgIpc) is 3.34. The van der Waals surface area contributed by atoms with Crippen molar-refractivity contribution in [2.24, 2.45) is 11.8 Å². The molecule has 1 N–H and O–H groups in total. The Morgan fingerprint density at radius 1 is 1.26 bits per heavy atom. The molecule has 1 saturated heterocycles. The molecular weight excluding hydrogens is 314 g/mol. The number of aliphatic carboxylic acids is 1. The van der Waals surface area contributed by atoms with Crippen molar-refractivity contribution in [1.29, 1.82) is 0 Å². The third-order valence-corrected chi connectivity index (χ3v) is 5.25. The van der Waals surface area contributed by atoms with Crippen LogP contribution < -0.4 is 0 Å². The maximum Gasteiger partial charge on any atom is 0.303 e. The minimum absolute atomic E-state index is 0.0920. The third kappa shape index (κ3) is 4.05. The molecule has 1 amide bonds. The molecule has 1 aliphatic carbocycles. The predicted octanol–water partition coefficient (Wildman–Crippen LogP) is 3.55. The average molecular weight is 336 g/mol. The molecule has 0 radical (unpaired) electrons. The number of carboxylic acids is 1. The molecule has 0 spiro atoms. The number of carbonyl (C=O) groups excluding carboxylic acids is 1. The van der Waals surface area contributed by atoms with Crippen LogP contribution in [0.25, 0.3) is 0 Å². The summed E-state index contributed by atoms with van der Waals surface area (Å²) in [6.07, 6.45) is 3.79. The van der Waals surface area contributed by atoms with E-state index in [1.54, 1.807) is 0 Å². The van der Waals surface area contributed by atoms with Crippen molar-refractivity contribution in [2.45, 2.75) is 38.0 Å².